The lowest BCUT2D eigenvalue weighted by atomic mass is 10.2. The summed E-state index contributed by atoms with van der Waals surface area (Å²) in [6.07, 6.45) is 2.76. The van der Waals surface area contributed by atoms with Gasteiger partial charge in [0.05, 0.1) is 5.69 Å². The number of guanidine groups is 1. The Hall–Kier alpha value is -2.09. The number of nitrogens with one attached hydrogen (secondary N) is 2. The van der Waals surface area contributed by atoms with E-state index in [0.717, 1.165) is 55.2 Å². The monoisotopic (exact) mass is 448 g/mol. The molecule has 0 radical (unpaired) electrons. The summed E-state index contributed by atoms with van der Waals surface area (Å²) in [4.78, 5) is 11.2. The highest BCUT2D eigenvalue weighted by Gasteiger charge is 2.24. The fourth-order valence-electron chi connectivity index (χ4n) is 3.24. The predicted molar refractivity (Wildman–Crippen MR) is 116 cm³/mol. The Morgan fingerprint density at radius 1 is 1.39 bits per heavy atom. The van der Waals surface area contributed by atoms with E-state index in [1.807, 2.05) is 13.1 Å². The first kappa shape index (κ1) is 20.6. The fraction of sp³-hybridized carbons (Fsp3) is 0.550. The van der Waals surface area contributed by atoms with Crippen LogP contribution in [0.3, 0.4) is 0 Å². The van der Waals surface area contributed by atoms with Gasteiger partial charge in [-0.25, -0.2) is 0 Å². The molecule has 28 heavy (non-hydrogen) atoms. The van der Waals surface area contributed by atoms with Crippen LogP contribution < -0.4 is 15.5 Å². The molecule has 1 unspecified atom stereocenters. The zero-order valence-corrected chi connectivity index (χ0v) is 18.4. The van der Waals surface area contributed by atoms with Crippen molar-refractivity contribution in [2.45, 2.75) is 45.1 Å². The number of aliphatic imine (C=N–C) groups is 1. The lowest BCUT2D eigenvalue weighted by Crippen LogP contribution is -2.44. The molecule has 0 aliphatic carbocycles. The van der Waals surface area contributed by atoms with E-state index >= 15 is 0 Å². The lowest BCUT2D eigenvalue weighted by Gasteiger charge is -2.21. The van der Waals surface area contributed by atoms with E-state index in [-0.39, 0.29) is 0 Å². The molecule has 1 aliphatic heterocycles. The van der Waals surface area contributed by atoms with E-state index in [0.29, 0.717) is 17.9 Å². The lowest BCUT2D eigenvalue weighted by molar-refractivity contribution is 0.368. The normalized spacial score (nSPS) is 17.4. The van der Waals surface area contributed by atoms with Crippen molar-refractivity contribution < 1.29 is 4.52 Å². The maximum absolute atomic E-state index is 5.29. The quantitative estimate of drug-likeness (QED) is 0.384. The molecule has 0 spiro atoms. The van der Waals surface area contributed by atoms with Gasteiger partial charge in [-0.3, -0.25) is 4.99 Å². The number of rotatable bonds is 7. The van der Waals surface area contributed by atoms with Crippen LogP contribution in [0.25, 0.3) is 0 Å². The fourth-order valence-corrected chi connectivity index (χ4v) is 3.78. The molecule has 1 aromatic heterocycles. The average Bonchev–Trinajstić information content (AvgIpc) is 3.34. The van der Waals surface area contributed by atoms with E-state index in [1.165, 1.54) is 5.69 Å². The van der Waals surface area contributed by atoms with Crippen LogP contribution in [0.5, 0.6) is 0 Å². The molecule has 1 aliphatic rings. The first-order valence-corrected chi connectivity index (χ1v) is 10.6. The van der Waals surface area contributed by atoms with Crippen LogP contribution in [0.15, 0.2) is 38.3 Å². The number of hydrogen-bond acceptors (Lipinski definition) is 5. The number of aromatic nitrogens is 2. The summed E-state index contributed by atoms with van der Waals surface area (Å²) >= 11 is 3.65. The Balaban J connectivity index is 1.40. The highest BCUT2D eigenvalue weighted by Crippen LogP contribution is 2.28. The maximum atomic E-state index is 5.29. The summed E-state index contributed by atoms with van der Waals surface area (Å²) in [5, 5.41) is 10.9. The molecule has 0 bridgehead atoms. The van der Waals surface area contributed by atoms with Crippen LogP contribution in [0.2, 0.25) is 0 Å². The Bertz CT molecular complexity index is 791. The van der Waals surface area contributed by atoms with Crippen LogP contribution >= 0.6 is 15.9 Å². The minimum absolute atomic E-state index is 0.293. The van der Waals surface area contributed by atoms with Crippen molar-refractivity contribution in [1.29, 1.82) is 0 Å². The third kappa shape index (κ3) is 5.47. The molecule has 7 nitrogen and oxygen atoms in total. The van der Waals surface area contributed by atoms with Crippen LogP contribution in [-0.4, -0.2) is 48.8 Å². The summed E-state index contributed by atoms with van der Waals surface area (Å²) in [5.74, 6) is 2.61. The number of hydrogen-bond donors (Lipinski definition) is 2. The zero-order valence-electron chi connectivity index (χ0n) is 16.8. The van der Waals surface area contributed by atoms with E-state index in [1.54, 1.807) is 0 Å². The van der Waals surface area contributed by atoms with Crippen molar-refractivity contribution in [3.8, 4) is 0 Å². The third-order valence-corrected chi connectivity index (χ3v) is 5.48. The summed E-state index contributed by atoms with van der Waals surface area (Å²) < 4.78 is 6.43. The highest BCUT2D eigenvalue weighted by molar-refractivity contribution is 9.10. The number of anilines is 1. The van der Waals surface area contributed by atoms with Gasteiger partial charge in [0, 0.05) is 49.5 Å². The Morgan fingerprint density at radius 3 is 2.93 bits per heavy atom. The number of para-hydroxylation sites is 1. The molecular formula is C20H29BrN6O. The minimum Gasteiger partial charge on any atom is -0.368 e. The molecule has 1 aromatic carbocycles. The highest BCUT2D eigenvalue weighted by atomic mass is 79.9. The van der Waals surface area contributed by atoms with Gasteiger partial charge in [-0.1, -0.05) is 31.1 Å². The SMILES string of the molecule is CN=C(NCCCc1nc(C(C)C)no1)NC1CCN(c2ccccc2Br)C1. The van der Waals surface area contributed by atoms with Gasteiger partial charge in [0.15, 0.2) is 11.8 Å². The molecule has 2 heterocycles. The molecule has 8 heteroatoms. The zero-order chi connectivity index (χ0) is 19.9. The first-order chi connectivity index (χ1) is 13.6. The minimum atomic E-state index is 0.293. The first-order valence-electron chi connectivity index (χ1n) is 9.86. The molecule has 2 N–H and O–H groups in total. The van der Waals surface area contributed by atoms with Crippen molar-refractivity contribution in [1.82, 2.24) is 20.8 Å². The van der Waals surface area contributed by atoms with E-state index in [9.17, 15) is 0 Å². The van der Waals surface area contributed by atoms with Gasteiger partial charge < -0.3 is 20.1 Å². The van der Waals surface area contributed by atoms with E-state index < -0.39 is 0 Å². The van der Waals surface area contributed by atoms with Gasteiger partial charge in [-0.2, -0.15) is 4.98 Å². The smallest absolute Gasteiger partial charge is 0.226 e. The van der Waals surface area contributed by atoms with Crippen molar-refractivity contribution >= 4 is 27.6 Å². The Labute approximate surface area is 175 Å². The van der Waals surface area contributed by atoms with Gasteiger partial charge in [-0.15, -0.1) is 0 Å². The summed E-state index contributed by atoms with van der Waals surface area (Å²) in [5.41, 5.74) is 1.25. The molecule has 1 atom stereocenters. The topological polar surface area (TPSA) is 78.6 Å². The van der Waals surface area contributed by atoms with Gasteiger partial charge in [-0.05, 0) is 40.9 Å². The second-order valence-corrected chi connectivity index (χ2v) is 8.19. The van der Waals surface area contributed by atoms with Crippen molar-refractivity contribution in [3.05, 3.63) is 40.5 Å². The molecular weight excluding hydrogens is 420 g/mol. The van der Waals surface area contributed by atoms with Gasteiger partial charge in [0.25, 0.3) is 0 Å². The molecule has 152 valence electrons. The Kier molecular flexibility index (Phi) is 7.30. The third-order valence-electron chi connectivity index (χ3n) is 4.81. The van der Waals surface area contributed by atoms with Crippen molar-refractivity contribution in [2.24, 2.45) is 4.99 Å². The number of nitrogens with zero attached hydrogens (tertiary/aromatic N) is 4. The van der Waals surface area contributed by atoms with Gasteiger partial charge in [0.1, 0.15) is 0 Å². The Morgan fingerprint density at radius 2 is 2.21 bits per heavy atom. The second kappa shape index (κ2) is 9.91. The number of halogens is 1. The summed E-state index contributed by atoms with van der Waals surface area (Å²) in [6.45, 7) is 6.93. The van der Waals surface area contributed by atoms with E-state index in [2.05, 4.69) is 78.6 Å². The maximum Gasteiger partial charge on any atom is 0.226 e. The summed E-state index contributed by atoms with van der Waals surface area (Å²) in [6, 6.07) is 8.74. The number of aryl methyl sites for hydroxylation is 1. The predicted octanol–water partition coefficient (Wildman–Crippen LogP) is 3.33. The second-order valence-electron chi connectivity index (χ2n) is 7.33. The van der Waals surface area contributed by atoms with Crippen molar-refractivity contribution in [3.63, 3.8) is 0 Å². The average molecular weight is 449 g/mol. The largest absolute Gasteiger partial charge is 0.368 e. The van der Waals surface area contributed by atoms with Crippen LogP contribution in [0.4, 0.5) is 5.69 Å². The van der Waals surface area contributed by atoms with Crippen LogP contribution in [0.1, 0.15) is 44.3 Å². The standard InChI is InChI=1S/C20H29BrN6O/c1-14(2)19-25-18(28-26-19)9-6-11-23-20(22-3)24-15-10-12-27(13-15)17-8-5-4-7-16(17)21/h4-5,7-8,14-15H,6,9-13H2,1-3H3,(H2,22,23,24). The molecule has 1 fully saturated rings. The van der Waals surface area contributed by atoms with Crippen molar-refractivity contribution in [2.75, 3.05) is 31.6 Å². The van der Waals surface area contributed by atoms with Gasteiger partial charge >= 0.3 is 0 Å². The molecule has 0 saturated carbocycles. The van der Waals surface area contributed by atoms with Gasteiger partial charge in [0.2, 0.25) is 5.89 Å². The van der Waals surface area contributed by atoms with E-state index in [4.69, 9.17) is 4.52 Å². The molecule has 0 amide bonds. The molecule has 3 rings (SSSR count). The summed E-state index contributed by atoms with van der Waals surface area (Å²) in [7, 11) is 1.81. The molecule has 2 aromatic rings. The molecule has 1 saturated heterocycles. The van der Waals surface area contributed by atoms with Crippen LogP contribution in [-0.2, 0) is 6.42 Å². The van der Waals surface area contributed by atoms with Crippen LogP contribution in [0, 0.1) is 0 Å². The number of benzene rings is 1.